The Morgan fingerprint density at radius 3 is 2.42 bits per heavy atom. The molecule has 0 radical (unpaired) electrons. The SMILES string of the molecule is CCOCCC(=O)NCCNC(=O)CCN1C(=O)CC(SF)C1=O. The molecule has 1 rings (SSSR count). The lowest BCUT2D eigenvalue weighted by atomic mass is 10.3. The minimum absolute atomic E-state index is 0.0561. The Kier molecular flexibility index (Phi) is 9.31. The highest BCUT2D eigenvalue weighted by molar-refractivity contribution is 7.95. The molecule has 2 N–H and O–H groups in total. The van der Waals surface area contributed by atoms with Crippen LogP contribution in [0.25, 0.3) is 0 Å². The van der Waals surface area contributed by atoms with Crippen LogP contribution in [0.3, 0.4) is 0 Å². The molecule has 1 atom stereocenters. The van der Waals surface area contributed by atoms with E-state index < -0.39 is 17.1 Å². The smallest absolute Gasteiger partial charge is 0.245 e. The van der Waals surface area contributed by atoms with Crippen LogP contribution in [0.1, 0.15) is 26.2 Å². The average Bonchev–Trinajstić information content (AvgIpc) is 2.83. The van der Waals surface area contributed by atoms with Crippen molar-refractivity contribution in [1.82, 2.24) is 15.5 Å². The number of imide groups is 1. The van der Waals surface area contributed by atoms with Crippen molar-refractivity contribution in [2.24, 2.45) is 0 Å². The molecule has 0 aromatic heterocycles. The summed E-state index contributed by atoms with van der Waals surface area (Å²) in [6, 6.07) is 0. The Labute approximate surface area is 144 Å². The molecule has 0 aromatic rings. The highest BCUT2D eigenvalue weighted by Crippen LogP contribution is 2.25. The number of carbonyl (C=O) groups is 4. The maximum atomic E-state index is 12.5. The van der Waals surface area contributed by atoms with Crippen LogP contribution in [0.5, 0.6) is 0 Å². The van der Waals surface area contributed by atoms with E-state index in [1.807, 2.05) is 6.92 Å². The number of hydrogen-bond acceptors (Lipinski definition) is 6. The minimum Gasteiger partial charge on any atom is -0.381 e. The Hall–Kier alpha value is -1.68. The maximum Gasteiger partial charge on any atom is 0.245 e. The van der Waals surface area contributed by atoms with Crippen LogP contribution >= 0.6 is 12.1 Å². The summed E-state index contributed by atoms with van der Waals surface area (Å²) < 4.78 is 17.5. The Balaban J connectivity index is 2.13. The van der Waals surface area contributed by atoms with Gasteiger partial charge >= 0.3 is 0 Å². The van der Waals surface area contributed by atoms with Crippen LogP contribution < -0.4 is 10.6 Å². The summed E-state index contributed by atoms with van der Waals surface area (Å²) in [5.74, 6) is -1.58. The van der Waals surface area contributed by atoms with Gasteiger partial charge in [0.15, 0.2) is 0 Å². The van der Waals surface area contributed by atoms with Gasteiger partial charge in [0.1, 0.15) is 5.25 Å². The predicted octanol–water partition coefficient (Wildman–Crippen LogP) is -0.219. The van der Waals surface area contributed by atoms with Crippen LogP contribution in [0.2, 0.25) is 0 Å². The number of nitrogens with zero attached hydrogens (tertiary/aromatic N) is 1. The number of carbonyl (C=O) groups excluding carboxylic acids is 4. The lowest BCUT2D eigenvalue weighted by Gasteiger charge is -2.14. The molecule has 0 aliphatic carbocycles. The number of likely N-dealkylation sites (tertiary alicyclic amines) is 1. The molecule has 8 nitrogen and oxygen atoms in total. The molecule has 0 saturated carbocycles. The zero-order valence-corrected chi connectivity index (χ0v) is 14.3. The fourth-order valence-electron chi connectivity index (χ4n) is 2.06. The molecule has 0 bridgehead atoms. The molecule has 1 unspecified atom stereocenters. The molecule has 0 aromatic carbocycles. The van der Waals surface area contributed by atoms with E-state index in [9.17, 15) is 23.1 Å². The molecule has 0 spiro atoms. The van der Waals surface area contributed by atoms with Crippen molar-refractivity contribution < 1.29 is 27.8 Å². The van der Waals surface area contributed by atoms with Crippen LogP contribution in [-0.2, 0) is 23.9 Å². The van der Waals surface area contributed by atoms with Gasteiger partial charge in [-0.15, -0.1) is 0 Å². The third-order valence-corrected chi connectivity index (χ3v) is 3.90. The summed E-state index contributed by atoms with van der Waals surface area (Å²) in [6.45, 7) is 3.19. The first-order valence-electron chi connectivity index (χ1n) is 7.72. The summed E-state index contributed by atoms with van der Waals surface area (Å²) in [5.41, 5.74) is 0. The molecular formula is C14H22FN3O5S. The van der Waals surface area contributed by atoms with Gasteiger partial charge < -0.3 is 15.4 Å². The minimum atomic E-state index is -0.993. The number of rotatable bonds is 11. The first-order chi connectivity index (χ1) is 11.5. The van der Waals surface area contributed by atoms with Gasteiger partial charge in [0.2, 0.25) is 23.6 Å². The lowest BCUT2D eigenvalue weighted by molar-refractivity contribution is -0.138. The highest BCUT2D eigenvalue weighted by Gasteiger charge is 2.39. The fraction of sp³-hybridized carbons (Fsp3) is 0.714. The Bertz CT molecular complexity index is 477. The van der Waals surface area contributed by atoms with Crippen molar-refractivity contribution in [2.45, 2.75) is 31.4 Å². The van der Waals surface area contributed by atoms with Crippen molar-refractivity contribution in [2.75, 3.05) is 32.8 Å². The van der Waals surface area contributed by atoms with Gasteiger partial charge in [-0.25, -0.2) is 0 Å². The topological polar surface area (TPSA) is 105 Å². The van der Waals surface area contributed by atoms with Gasteiger partial charge in [0.25, 0.3) is 0 Å². The highest BCUT2D eigenvalue weighted by atomic mass is 32.2. The molecule has 1 fully saturated rings. The van der Waals surface area contributed by atoms with Crippen molar-refractivity contribution in [3.05, 3.63) is 0 Å². The molecule has 24 heavy (non-hydrogen) atoms. The van der Waals surface area contributed by atoms with Gasteiger partial charge in [0, 0.05) is 39.1 Å². The van der Waals surface area contributed by atoms with E-state index in [0.29, 0.717) is 13.2 Å². The number of nitrogens with one attached hydrogen (secondary N) is 2. The average molecular weight is 363 g/mol. The summed E-state index contributed by atoms with van der Waals surface area (Å²) in [7, 11) is 0. The van der Waals surface area contributed by atoms with Gasteiger partial charge in [0.05, 0.1) is 25.2 Å². The quantitative estimate of drug-likeness (QED) is 0.388. The number of amides is 4. The second-order valence-electron chi connectivity index (χ2n) is 5.06. The number of hydrogen-bond donors (Lipinski definition) is 2. The molecule has 1 saturated heterocycles. The molecule has 136 valence electrons. The second kappa shape index (κ2) is 11.0. The van der Waals surface area contributed by atoms with Crippen molar-refractivity contribution in [3.8, 4) is 0 Å². The van der Waals surface area contributed by atoms with E-state index in [-0.39, 0.29) is 62.9 Å². The standard InChI is InChI=1S/C14H22FN3O5S/c1-2-23-8-4-12(20)17-6-5-16-11(19)3-7-18-13(21)9-10(24-15)14(18)22/h10H,2-9H2,1H3,(H,16,19)(H,17,20). The third-order valence-electron chi connectivity index (χ3n) is 3.32. The Morgan fingerprint density at radius 1 is 1.25 bits per heavy atom. The van der Waals surface area contributed by atoms with E-state index in [1.54, 1.807) is 0 Å². The Morgan fingerprint density at radius 2 is 1.88 bits per heavy atom. The normalized spacial score (nSPS) is 17.2. The van der Waals surface area contributed by atoms with Gasteiger partial charge in [-0.2, -0.15) is 3.89 Å². The first kappa shape index (κ1) is 20.4. The van der Waals surface area contributed by atoms with Gasteiger partial charge in [-0.1, -0.05) is 0 Å². The molecule has 4 amide bonds. The summed E-state index contributed by atoms with van der Waals surface area (Å²) >= 11 is -0.153. The fourth-order valence-corrected chi connectivity index (χ4v) is 2.47. The molecule has 1 heterocycles. The summed E-state index contributed by atoms with van der Waals surface area (Å²) in [6.07, 6.45) is 0.0313. The third kappa shape index (κ3) is 6.83. The second-order valence-corrected chi connectivity index (χ2v) is 5.81. The van der Waals surface area contributed by atoms with E-state index in [0.717, 1.165) is 4.90 Å². The maximum absolute atomic E-state index is 12.5. The summed E-state index contributed by atoms with van der Waals surface area (Å²) in [5, 5.41) is 4.20. The van der Waals surface area contributed by atoms with Crippen LogP contribution in [-0.4, -0.2) is 66.6 Å². The van der Waals surface area contributed by atoms with Gasteiger partial charge in [-0.05, 0) is 6.92 Å². The molecule has 1 aliphatic rings. The largest absolute Gasteiger partial charge is 0.381 e. The van der Waals surface area contributed by atoms with Crippen LogP contribution in [0.4, 0.5) is 3.89 Å². The molecule has 10 heteroatoms. The van der Waals surface area contributed by atoms with E-state index in [1.165, 1.54) is 0 Å². The number of ether oxygens (including phenoxy) is 1. The molecule has 1 aliphatic heterocycles. The zero-order chi connectivity index (χ0) is 17.9. The lowest BCUT2D eigenvalue weighted by Crippen LogP contribution is -2.38. The van der Waals surface area contributed by atoms with Crippen molar-refractivity contribution in [1.29, 1.82) is 0 Å². The van der Waals surface area contributed by atoms with Crippen molar-refractivity contribution in [3.63, 3.8) is 0 Å². The van der Waals surface area contributed by atoms with Crippen molar-refractivity contribution >= 4 is 35.8 Å². The zero-order valence-electron chi connectivity index (χ0n) is 13.5. The monoisotopic (exact) mass is 363 g/mol. The first-order valence-corrected chi connectivity index (χ1v) is 8.50. The molecular weight excluding hydrogens is 341 g/mol. The number of halogens is 1. The van der Waals surface area contributed by atoms with Crippen LogP contribution in [0.15, 0.2) is 0 Å². The van der Waals surface area contributed by atoms with E-state index in [4.69, 9.17) is 4.74 Å². The predicted molar refractivity (Wildman–Crippen MR) is 85.6 cm³/mol. The van der Waals surface area contributed by atoms with E-state index >= 15 is 0 Å². The van der Waals surface area contributed by atoms with E-state index in [2.05, 4.69) is 10.6 Å². The van der Waals surface area contributed by atoms with Crippen LogP contribution in [0, 0.1) is 0 Å². The summed E-state index contributed by atoms with van der Waals surface area (Å²) in [4.78, 5) is 47.1. The van der Waals surface area contributed by atoms with Gasteiger partial charge in [-0.3, -0.25) is 24.1 Å².